The largest absolute Gasteiger partial charge is 0.384 e. The first-order valence-electron chi connectivity index (χ1n) is 13.8. The molecule has 5 rings (SSSR count). The molecule has 1 fully saturated rings. The smallest absolute Gasteiger partial charge is 0.248 e. The second-order valence-corrected chi connectivity index (χ2v) is 11.3. The SMILES string of the molecule is O=C(C=CCSCCCN1CCOCC1)Nc1ccc2ncnc(Nc3ccc(C(O)c4cccnc4)c(Cl)c3)c2c1. The predicted octanol–water partition coefficient (Wildman–Crippen LogP) is 5.45. The molecule has 2 aromatic carbocycles. The topological polar surface area (TPSA) is 112 Å². The summed E-state index contributed by atoms with van der Waals surface area (Å²) >= 11 is 8.36. The first kappa shape index (κ1) is 29.9. The number of fused-ring (bicyclic) bond motifs is 1. The minimum atomic E-state index is -0.890. The van der Waals surface area contributed by atoms with E-state index >= 15 is 0 Å². The van der Waals surface area contributed by atoms with Crippen LogP contribution in [0.5, 0.6) is 0 Å². The van der Waals surface area contributed by atoms with Crippen LogP contribution in [0.2, 0.25) is 5.02 Å². The van der Waals surface area contributed by atoms with Crippen LogP contribution < -0.4 is 10.6 Å². The highest BCUT2D eigenvalue weighted by Crippen LogP contribution is 2.32. The minimum Gasteiger partial charge on any atom is -0.384 e. The Labute approximate surface area is 254 Å². The number of morpholine rings is 1. The predicted molar refractivity (Wildman–Crippen MR) is 170 cm³/mol. The van der Waals surface area contributed by atoms with Gasteiger partial charge in [0.05, 0.1) is 18.7 Å². The van der Waals surface area contributed by atoms with Crippen molar-refractivity contribution < 1.29 is 14.6 Å². The number of halogens is 1. The van der Waals surface area contributed by atoms with Crippen LogP contribution in [0.25, 0.3) is 10.9 Å². The third-order valence-corrected chi connectivity index (χ3v) is 8.14. The second-order valence-electron chi connectivity index (χ2n) is 9.78. The Bertz CT molecular complexity index is 1520. The Hall–Kier alpha value is -3.54. The lowest BCUT2D eigenvalue weighted by Gasteiger charge is -2.26. The van der Waals surface area contributed by atoms with Gasteiger partial charge in [0.25, 0.3) is 0 Å². The van der Waals surface area contributed by atoms with Gasteiger partial charge in [-0.25, -0.2) is 9.97 Å². The zero-order valence-corrected chi connectivity index (χ0v) is 24.7. The number of ether oxygens (including phenoxy) is 1. The van der Waals surface area contributed by atoms with E-state index in [1.807, 2.05) is 42.1 Å². The molecule has 4 aromatic rings. The molecule has 218 valence electrons. The van der Waals surface area contributed by atoms with E-state index in [4.69, 9.17) is 16.3 Å². The van der Waals surface area contributed by atoms with Crippen molar-refractivity contribution >= 4 is 57.4 Å². The van der Waals surface area contributed by atoms with Crippen molar-refractivity contribution in [2.45, 2.75) is 12.5 Å². The third kappa shape index (κ3) is 8.27. The van der Waals surface area contributed by atoms with Crippen molar-refractivity contribution in [3.8, 4) is 0 Å². The van der Waals surface area contributed by atoms with E-state index in [0.717, 1.165) is 61.7 Å². The van der Waals surface area contributed by atoms with Gasteiger partial charge in [0, 0.05) is 70.2 Å². The summed E-state index contributed by atoms with van der Waals surface area (Å²) in [7, 11) is 0. The lowest BCUT2D eigenvalue weighted by molar-refractivity contribution is -0.111. The number of carbonyl (C=O) groups excluding carboxylic acids is 1. The molecule has 0 bridgehead atoms. The normalized spacial score (nSPS) is 14.7. The van der Waals surface area contributed by atoms with Gasteiger partial charge < -0.3 is 20.5 Å². The molecule has 0 spiro atoms. The van der Waals surface area contributed by atoms with Crippen molar-refractivity contribution in [1.82, 2.24) is 19.9 Å². The Morgan fingerprint density at radius 1 is 1.14 bits per heavy atom. The number of anilines is 3. The summed E-state index contributed by atoms with van der Waals surface area (Å²) in [6.07, 6.45) is 8.45. The van der Waals surface area contributed by atoms with Crippen LogP contribution in [-0.2, 0) is 9.53 Å². The maximum absolute atomic E-state index is 12.5. The monoisotopic (exact) mass is 604 g/mol. The summed E-state index contributed by atoms with van der Waals surface area (Å²) in [5, 5.41) is 18.1. The number of aromatic nitrogens is 3. The zero-order valence-electron chi connectivity index (χ0n) is 23.1. The van der Waals surface area contributed by atoms with Crippen LogP contribution in [0.15, 0.2) is 79.4 Å². The molecule has 11 heteroatoms. The molecule has 0 aliphatic carbocycles. The quantitative estimate of drug-likeness (QED) is 0.143. The van der Waals surface area contributed by atoms with E-state index < -0.39 is 6.10 Å². The molecule has 2 aromatic heterocycles. The summed E-state index contributed by atoms with van der Waals surface area (Å²) in [5.74, 6) is 2.22. The molecule has 1 aliphatic heterocycles. The van der Waals surface area contributed by atoms with Gasteiger partial charge in [0.1, 0.15) is 18.2 Å². The summed E-state index contributed by atoms with van der Waals surface area (Å²) in [4.78, 5) is 27.8. The number of nitrogens with one attached hydrogen (secondary N) is 2. The van der Waals surface area contributed by atoms with Gasteiger partial charge in [0.2, 0.25) is 5.91 Å². The van der Waals surface area contributed by atoms with Crippen molar-refractivity contribution in [2.24, 2.45) is 0 Å². The molecule has 1 amide bonds. The number of hydrogen-bond donors (Lipinski definition) is 3. The Kier molecular flexibility index (Phi) is 10.7. The van der Waals surface area contributed by atoms with Gasteiger partial charge in [-0.15, -0.1) is 0 Å². The van der Waals surface area contributed by atoms with Crippen LogP contribution in [0.3, 0.4) is 0 Å². The van der Waals surface area contributed by atoms with Gasteiger partial charge in [-0.3, -0.25) is 14.7 Å². The highest BCUT2D eigenvalue weighted by molar-refractivity contribution is 7.99. The number of aliphatic hydroxyl groups excluding tert-OH is 1. The molecule has 3 N–H and O–H groups in total. The maximum Gasteiger partial charge on any atom is 0.248 e. The molecular weight excluding hydrogens is 572 g/mol. The van der Waals surface area contributed by atoms with E-state index in [1.165, 1.54) is 6.33 Å². The van der Waals surface area contributed by atoms with Crippen molar-refractivity contribution in [1.29, 1.82) is 0 Å². The van der Waals surface area contributed by atoms with Crippen LogP contribution in [-0.4, -0.2) is 75.2 Å². The molecule has 0 saturated carbocycles. The number of nitrogens with zero attached hydrogens (tertiary/aromatic N) is 4. The fourth-order valence-corrected chi connectivity index (χ4v) is 5.64. The van der Waals surface area contributed by atoms with Gasteiger partial charge >= 0.3 is 0 Å². The Morgan fingerprint density at radius 3 is 2.81 bits per heavy atom. The average Bonchev–Trinajstić information content (AvgIpc) is 3.01. The van der Waals surface area contributed by atoms with Crippen LogP contribution in [0, 0.1) is 0 Å². The molecule has 42 heavy (non-hydrogen) atoms. The molecule has 1 saturated heterocycles. The summed E-state index contributed by atoms with van der Waals surface area (Å²) < 4.78 is 5.38. The number of thioether (sulfide) groups is 1. The summed E-state index contributed by atoms with van der Waals surface area (Å²) in [5.41, 5.74) is 3.30. The average molecular weight is 605 g/mol. The van der Waals surface area contributed by atoms with Crippen molar-refractivity contribution in [2.75, 3.05) is 55.0 Å². The first-order chi connectivity index (χ1) is 20.6. The van der Waals surface area contributed by atoms with Crippen molar-refractivity contribution in [3.05, 3.63) is 95.6 Å². The molecule has 9 nitrogen and oxygen atoms in total. The fraction of sp³-hybridized carbons (Fsp3) is 0.290. The highest BCUT2D eigenvalue weighted by Gasteiger charge is 2.15. The zero-order chi connectivity index (χ0) is 29.1. The van der Waals surface area contributed by atoms with Gasteiger partial charge in [-0.2, -0.15) is 11.8 Å². The second kappa shape index (κ2) is 15.1. The van der Waals surface area contributed by atoms with E-state index in [1.54, 1.807) is 42.7 Å². The van der Waals surface area contributed by atoms with E-state index in [0.29, 0.717) is 33.3 Å². The number of rotatable bonds is 12. The third-order valence-electron chi connectivity index (χ3n) is 6.81. The number of aliphatic hydroxyl groups is 1. The number of amides is 1. The van der Waals surface area contributed by atoms with Gasteiger partial charge in [-0.05, 0) is 55.1 Å². The summed E-state index contributed by atoms with van der Waals surface area (Å²) in [6, 6.07) is 14.4. The lowest BCUT2D eigenvalue weighted by Crippen LogP contribution is -2.36. The fourth-order valence-electron chi connectivity index (χ4n) is 4.62. The number of hydrogen-bond acceptors (Lipinski definition) is 9. The highest BCUT2D eigenvalue weighted by atomic mass is 35.5. The number of pyridine rings is 1. The lowest BCUT2D eigenvalue weighted by atomic mass is 10.0. The number of carbonyl (C=O) groups is 1. The molecule has 0 radical (unpaired) electrons. The van der Waals surface area contributed by atoms with Gasteiger partial charge in [0.15, 0.2) is 0 Å². The molecule has 1 unspecified atom stereocenters. The Morgan fingerprint density at radius 2 is 2.00 bits per heavy atom. The van der Waals surface area contributed by atoms with Crippen LogP contribution in [0.4, 0.5) is 17.2 Å². The van der Waals surface area contributed by atoms with E-state index in [2.05, 4.69) is 30.5 Å². The van der Waals surface area contributed by atoms with Crippen molar-refractivity contribution in [3.63, 3.8) is 0 Å². The molecular formula is C31H33ClN6O3S. The van der Waals surface area contributed by atoms with Crippen LogP contribution in [0.1, 0.15) is 23.7 Å². The standard InChI is InChI=1S/C31H33ClN6O3S/c32-27-19-24(6-8-25(27)30(40)22-4-1-10-33-20-22)37-31-26-18-23(7-9-28(26)34-21-35-31)36-29(39)5-2-16-42-17-3-11-38-12-14-41-15-13-38/h1-2,4-10,18-21,30,40H,3,11-17H2,(H,36,39)(H,34,35,37). The minimum absolute atomic E-state index is 0.191. The van der Waals surface area contributed by atoms with Crippen LogP contribution >= 0.6 is 23.4 Å². The van der Waals surface area contributed by atoms with Gasteiger partial charge in [-0.1, -0.05) is 29.8 Å². The Balaban J connectivity index is 1.16. The maximum atomic E-state index is 12.5. The number of benzene rings is 2. The molecule has 1 aliphatic rings. The summed E-state index contributed by atoms with van der Waals surface area (Å²) in [6.45, 7) is 4.79. The first-order valence-corrected chi connectivity index (χ1v) is 15.3. The van der Waals surface area contributed by atoms with E-state index in [-0.39, 0.29) is 5.91 Å². The molecule has 1 atom stereocenters. The van der Waals surface area contributed by atoms with E-state index in [9.17, 15) is 9.90 Å². The molecule has 3 heterocycles.